The quantitative estimate of drug-likeness (QED) is 0.335. The van der Waals surface area contributed by atoms with Crippen LogP contribution in [0.1, 0.15) is 31.0 Å². The molecule has 0 aliphatic carbocycles. The summed E-state index contributed by atoms with van der Waals surface area (Å²) in [5, 5.41) is 0.512. The van der Waals surface area contributed by atoms with Crippen molar-refractivity contribution in [2.45, 2.75) is 32.7 Å². The molecule has 0 aromatic carbocycles. The van der Waals surface area contributed by atoms with Crippen LogP contribution in [-0.2, 0) is 4.79 Å². The normalized spacial score (nSPS) is 16.4. The number of rotatable bonds is 4. The molecular weight excluding hydrogens is 549 g/mol. The summed E-state index contributed by atoms with van der Waals surface area (Å²) in [7, 11) is 0. The topological polar surface area (TPSA) is 106 Å². The summed E-state index contributed by atoms with van der Waals surface area (Å²) in [6.07, 6.45) is 5.49. The zero-order valence-electron chi connectivity index (χ0n) is 22.8. The second-order valence-electron chi connectivity index (χ2n) is 10.4. The Hall–Kier alpha value is -4.38. The second kappa shape index (κ2) is 10.2. The van der Waals surface area contributed by atoms with Crippen LogP contribution in [-0.4, -0.2) is 67.6 Å². The molecule has 0 bridgehead atoms. The summed E-state index contributed by atoms with van der Waals surface area (Å²) >= 11 is 6.92. The first-order chi connectivity index (χ1) is 19.7. The molecule has 0 unspecified atom stereocenters. The number of fused-ring (bicyclic) bond motifs is 2. The number of carbonyl (C=O) groups excluding carboxylic acids is 1. The molecule has 1 saturated heterocycles. The van der Waals surface area contributed by atoms with Crippen molar-refractivity contribution < 1.29 is 13.9 Å². The number of nitrogens with zero attached hydrogens (tertiary/aromatic N) is 7. The third-order valence-electron chi connectivity index (χ3n) is 7.52. The average Bonchev–Trinajstić information content (AvgIpc) is 3.12. The minimum atomic E-state index is -0.623. The molecule has 1 fully saturated rings. The molecule has 6 rings (SSSR count). The lowest BCUT2D eigenvalue weighted by atomic mass is 10.0. The Labute approximate surface area is 240 Å². The van der Waals surface area contributed by atoms with Gasteiger partial charge in [-0.2, -0.15) is 4.98 Å². The molecule has 1 atom stereocenters. The molecular formula is C29H27ClFN7O3. The van der Waals surface area contributed by atoms with Crippen molar-refractivity contribution in [3.63, 3.8) is 0 Å². The van der Waals surface area contributed by atoms with Gasteiger partial charge in [0.2, 0.25) is 5.91 Å². The van der Waals surface area contributed by atoms with E-state index in [0.717, 1.165) is 11.8 Å². The van der Waals surface area contributed by atoms with Gasteiger partial charge in [-0.3, -0.25) is 14.8 Å². The standard InChI is InChI=1S/C29H27ClFN7O3/c1-5-20(39)36-10-11-37-17(13-36)14-41-26-21-27(37)35-29(40)38(25-16(4)6-9-33-23(25)15(2)3)28(21)34-24(22(26)30)18-7-8-32-12-19(18)31/h5-9,12,15,17H,1,10-11,13-14H2,2-4H3/t17-/m0/s1. The molecule has 0 radical (unpaired) electrons. The van der Waals surface area contributed by atoms with E-state index in [1.807, 2.05) is 31.7 Å². The Morgan fingerprint density at radius 1 is 1.24 bits per heavy atom. The molecule has 1 amide bonds. The molecule has 0 saturated carbocycles. The number of anilines is 1. The van der Waals surface area contributed by atoms with E-state index in [9.17, 15) is 9.59 Å². The van der Waals surface area contributed by atoms with E-state index < -0.39 is 11.5 Å². The maximum atomic E-state index is 15.0. The van der Waals surface area contributed by atoms with Crippen LogP contribution in [0, 0.1) is 12.7 Å². The van der Waals surface area contributed by atoms with Crippen LogP contribution in [0.15, 0.2) is 48.2 Å². The van der Waals surface area contributed by atoms with E-state index in [1.165, 1.54) is 22.9 Å². The van der Waals surface area contributed by atoms with Crippen molar-refractivity contribution in [1.29, 1.82) is 0 Å². The number of carbonyl (C=O) groups is 1. The molecule has 6 heterocycles. The predicted octanol–water partition coefficient (Wildman–Crippen LogP) is 4.06. The lowest BCUT2D eigenvalue weighted by Gasteiger charge is -2.40. The van der Waals surface area contributed by atoms with Gasteiger partial charge in [-0.25, -0.2) is 18.7 Å². The van der Waals surface area contributed by atoms with Crippen molar-refractivity contribution in [2.75, 3.05) is 31.1 Å². The van der Waals surface area contributed by atoms with Crippen molar-refractivity contribution in [3.8, 4) is 22.7 Å². The zero-order chi connectivity index (χ0) is 29.0. The van der Waals surface area contributed by atoms with Gasteiger partial charge in [0.1, 0.15) is 22.8 Å². The van der Waals surface area contributed by atoms with Crippen molar-refractivity contribution in [1.82, 2.24) is 29.4 Å². The number of amides is 1. The molecule has 0 N–H and O–H groups in total. The molecule has 41 heavy (non-hydrogen) atoms. The molecule has 10 nitrogen and oxygen atoms in total. The molecule has 4 aromatic rings. The first kappa shape index (κ1) is 26.8. The van der Waals surface area contributed by atoms with Crippen LogP contribution in [0.25, 0.3) is 28.0 Å². The van der Waals surface area contributed by atoms with E-state index in [1.54, 1.807) is 11.1 Å². The van der Waals surface area contributed by atoms with Gasteiger partial charge in [-0.1, -0.05) is 32.0 Å². The number of hydrogen-bond acceptors (Lipinski definition) is 8. The number of hydrogen-bond donors (Lipinski definition) is 0. The summed E-state index contributed by atoms with van der Waals surface area (Å²) in [6, 6.07) is 2.96. The maximum Gasteiger partial charge on any atom is 0.355 e. The summed E-state index contributed by atoms with van der Waals surface area (Å²) in [5.74, 6) is -0.247. The van der Waals surface area contributed by atoms with Crippen LogP contribution in [0.3, 0.4) is 0 Å². The zero-order valence-corrected chi connectivity index (χ0v) is 23.5. The van der Waals surface area contributed by atoms with Gasteiger partial charge in [-0.05, 0) is 36.6 Å². The fourth-order valence-electron chi connectivity index (χ4n) is 5.54. The van der Waals surface area contributed by atoms with E-state index >= 15 is 4.39 Å². The summed E-state index contributed by atoms with van der Waals surface area (Å²) < 4.78 is 22.8. The van der Waals surface area contributed by atoms with Gasteiger partial charge in [0.05, 0.1) is 29.3 Å². The Bertz CT molecular complexity index is 1790. The highest BCUT2D eigenvalue weighted by molar-refractivity contribution is 6.36. The molecule has 0 spiro atoms. The van der Waals surface area contributed by atoms with Gasteiger partial charge >= 0.3 is 5.69 Å². The van der Waals surface area contributed by atoms with E-state index in [4.69, 9.17) is 21.3 Å². The lowest BCUT2D eigenvalue weighted by Crippen LogP contribution is -2.56. The van der Waals surface area contributed by atoms with Gasteiger partial charge < -0.3 is 14.5 Å². The third kappa shape index (κ3) is 4.31. The predicted molar refractivity (Wildman–Crippen MR) is 153 cm³/mol. The number of aryl methyl sites for hydroxylation is 1. The smallest absolute Gasteiger partial charge is 0.355 e. The van der Waals surface area contributed by atoms with Gasteiger partial charge in [0, 0.05) is 37.6 Å². The van der Waals surface area contributed by atoms with Gasteiger partial charge in [0.25, 0.3) is 0 Å². The van der Waals surface area contributed by atoms with Gasteiger partial charge in [0.15, 0.2) is 17.2 Å². The summed E-state index contributed by atoms with van der Waals surface area (Å²) in [5.41, 5.74) is 1.89. The van der Waals surface area contributed by atoms with Crippen LogP contribution in [0.4, 0.5) is 10.2 Å². The van der Waals surface area contributed by atoms with Gasteiger partial charge in [-0.15, -0.1) is 0 Å². The van der Waals surface area contributed by atoms with Crippen molar-refractivity contribution in [3.05, 3.63) is 76.0 Å². The minimum absolute atomic E-state index is 0.0257. The first-order valence-electron chi connectivity index (χ1n) is 13.2. The molecule has 12 heteroatoms. The molecule has 210 valence electrons. The van der Waals surface area contributed by atoms with Crippen molar-refractivity contribution in [2.24, 2.45) is 0 Å². The highest BCUT2D eigenvalue weighted by atomic mass is 35.5. The minimum Gasteiger partial charge on any atom is -0.489 e. The molecule has 2 aliphatic rings. The first-order valence-corrected chi connectivity index (χ1v) is 13.6. The molecule has 2 aliphatic heterocycles. The molecule has 4 aromatic heterocycles. The Balaban J connectivity index is 1.70. The largest absolute Gasteiger partial charge is 0.489 e. The maximum absolute atomic E-state index is 15.0. The fraction of sp³-hybridized carbons (Fsp3) is 0.310. The Kier molecular flexibility index (Phi) is 6.69. The highest BCUT2D eigenvalue weighted by Crippen LogP contribution is 2.45. The van der Waals surface area contributed by atoms with E-state index in [0.29, 0.717) is 42.2 Å². The average molecular weight is 576 g/mol. The number of pyridine rings is 3. The van der Waals surface area contributed by atoms with Crippen LogP contribution in [0.5, 0.6) is 5.75 Å². The monoisotopic (exact) mass is 575 g/mol. The number of aromatic nitrogens is 5. The van der Waals surface area contributed by atoms with E-state index in [2.05, 4.69) is 21.5 Å². The second-order valence-corrected chi connectivity index (χ2v) is 10.8. The summed E-state index contributed by atoms with van der Waals surface area (Å²) in [6.45, 7) is 10.7. The number of ether oxygens (including phenoxy) is 1. The van der Waals surface area contributed by atoms with Crippen LogP contribution in [0.2, 0.25) is 5.02 Å². The Morgan fingerprint density at radius 2 is 2.05 bits per heavy atom. The van der Waals surface area contributed by atoms with Crippen molar-refractivity contribution >= 4 is 34.4 Å². The third-order valence-corrected chi connectivity index (χ3v) is 7.87. The number of piperazine rings is 1. The summed E-state index contributed by atoms with van der Waals surface area (Å²) in [4.78, 5) is 47.9. The van der Waals surface area contributed by atoms with Crippen LogP contribution < -0.4 is 15.3 Å². The number of halogens is 2. The highest BCUT2D eigenvalue weighted by Gasteiger charge is 2.37. The van der Waals surface area contributed by atoms with Crippen LogP contribution >= 0.6 is 11.6 Å². The van der Waals surface area contributed by atoms with E-state index in [-0.39, 0.29) is 52.2 Å². The Morgan fingerprint density at radius 3 is 2.78 bits per heavy atom. The fourth-order valence-corrected chi connectivity index (χ4v) is 5.83. The lowest BCUT2D eigenvalue weighted by molar-refractivity contribution is -0.126. The SMILES string of the molecule is C=CC(=O)N1CCN2c3nc(=O)n(-c4c(C)ccnc4C(C)C)c4nc(-c5ccncc5F)c(Cl)c(c34)OC[C@@H]2C1.